The van der Waals surface area contributed by atoms with Gasteiger partial charge in [-0.05, 0) is 37.0 Å². The van der Waals surface area contributed by atoms with Gasteiger partial charge in [-0.1, -0.05) is 42.1 Å². The van der Waals surface area contributed by atoms with Crippen molar-refractivity contribution in [3.05, 3.63) is 48.8 Å². The molecule has 3 aromatic rings. The van der Waals surface area contributed by atoms with Crippen LogP contribution in [0.25, 0.3) is 11.4 Å². The number of nitrogens with one attached hydrogen (secondary N) is 1. The molecule has 1 N–H and O–H groups in total. The maximum Gasteiger partial charge on any atom is 0.230 e. The van der Waals surface area contributed by atoms with Crippen LogP contribution < -0.4 is 5.32 Å². The van der Waals surface area contributed by atoms with E-state index in [2.05, 4.69) is 30.7 Å². The summed E-state index contributed by atoms with van der Waals surface area (Å²) in [6.45, 7) is 0. The monoisotopic (exact) mass is 395 g/mol. The van der Waals surface area contributed by atoms with E-state index < -0.39 is 0 Å². The lowest BCUT2D eigenvalue weighted by Crippen LogP contribution is -2.39. The molecule has 2 aromatic heterocycles. The van der Waals surface area contributed by atoms with Gasteiger partial charge in [-0.15, -0.1) is 10.2 Å². The molecule has 1 aliphatic carbocycles. The van der Waals surface area contributed by atoms with Crippen LogP contribution in [0.1, 0.15) is 31.7 Å². The van der Waals surface area contributed by atoms with E-state index in [1.54, 1.807) is 23.3 Å². The Morgan fingerprint density at radius 1 is 1.07 bits per heavy atom. The summed E-state index contributed by atoms with van der Waals surface area (Å²) in [4.78, 5) is 22.1. The minimum absolute atomic E-state index is 0.0196. The van der Waals surface area contributed by atoms with Gasteiger partial charge in [-0.25, -0.2) is 9.97 Å². The molecule has 1 saturated carbocycles. The van der Waals surface area contributed by atoms with E-state index in [9.17, 15) is 4.79 Å². The van der Waals surface area contributed by atoms with Crippen LogP contribution in [0.2, 0.25) is 0 Å². The summed E-state index contributed by atoms with van der Waals surface area (Å²) in [6, 6.07) is 12.0. The average Bonchev–Trinajstić information content (AvgIpc) is 3.25. The first-order valence-corrected chi connectivity index (χ1v) is 10.3. The Balaban J connectivity index is 1.24. The van der Waals surface area contributed by atoms with Crippen molar-refractivity contribution < 1.29 is 4.79 Å². The number of aromatic nitrogens is 6. The molecule has 8 nitrogen and oxygen atoms in total. The summed E-state index contributed by atoms with van der Waals surface area (Å²) in [5, 5.41) is 16.7. The van der Waals surface area contributed by atoms with Crippen molar-refractivity contribution in [3.8, 4) is 11.4 Å². The maximum atomic E-state index is 12.2. The number of carbonyl (C=O) groups excluding carboxylic acids is 1. The van der Waals surface area contributed by atoms with Gasteiger partial charge in [0.05, 0.1) is 11.8 Å². The van der Waals surface area contributed by atoms with Crippen LogP contribution in [0, 0.1) is 0 Å². The van der Waals surface area contributed by atoms with Crippen molar-refractivity contribution in [1.82, 2.24) is 35.5 Å². The molecule has 4 rings (SSSR count). The van der Waals surface area contributed by atoms with Gasteiger partial charge in [0.25, 0.3) is 0 Å². The van der Waals surface area contributed by atoms with E-state index in [0.29, 0.717) is 16.7 Å². The minimum Gasteiger partial charge on any atom is -0.353 e. The number of carbonyl (C=O) groups is 1. The lowest BCUT2D eigenvalue weighted by atomic mass is 9.91. The third kappa shape index (κ3) is 4.72. The summed E-state index contributed by atoms with van der Waals surface area (Å²) in [5.41, 5.74) is 0.967. The molecule has 1 amide bonds. The molecule has 0 radical (unpaired) electrons. The highest BCUT2D eigenvalue weighted by Crippen LogP contribution is 2.28. The van der Waals surface area contributed by atoms with Crippen LogP contribution in [0.15, 0.2) is 53.9 Å². The van der Waals surface area contributed by atoms with Crippen LogP contribution in [0.4, 0.5) is 0 Å². The van der Waals surface area contributed by atoms with Crippen molar-refractivity contribution in [2.45, 2.75) is 42.9 Å². The fourth-order valence-corrected chi connectivity index (χ4v) is 3.91. The Bertz CT molecular complexity index is 895. The Hall–Kier alpha value is -2.81. The summed E-state index contributed by atoms with van der Waals surface area (Å²) in [5.74, 6) is 0.997. The van der Waals surface area contributed by atoms with Crippen molar-refractivity contribution in [1.29, 1.82) is 0 Å². The SMILES string of the molecule is O=C(CSc1ncccn1)NC1CCC(n2nnc(-c3ccccc3)n2)CC1. The number of rotatable bonds is 6. The molecule has 0 bridgehead atoms. The summed E-state index contributed by atoms with van der Waals surface area (Å²) in [6.07, 6.45) is 7.01. The van der Waals surface area contributed by atoms with Crippen molar-refractivity contribution in [2.24, 2.45) is 0 Å². The number of benzene rings is 1. The standard InChI is InChI=1S/C19H21N7OS/c27-17(13-28-19-20-11-4-12-21-19)22-15-7-9-16(10-8-15)26-24-18(23-25-26)14-5-2-1-3-6-14/h1-6,11-12,15-16H,7-10,13H2,(H,22,27). The molecular weight excluding hydrogens is 374 g/mol. The molecule has 0 unspecified atom stereocenters. The Morgan fingerprint density at radius 3 is 2.57 bits per heavy atom. The molecule has 0 spiro atoms. The fraction of sp³-hybridized carbons (Fsp3) is 0.368. The van der Waals surface area contributed by atoms with Gasteiger partial charge >= 0.3 is 0 Å². The molecule has 0 atom stereocenters. The highest BCUT2D eigenvalue weighted by Gasteiger charge is 2.25. The summed E-state index contributed by atoms with van der Waals surface area (Å²) >= 11 is 1.35. The number of nitrogens with zero attached hydrogens (tertiary/aromatic N) is 6. The molecular formula is C19H21N7OS. The van der Waals surface area contributed by atoms with Crippen LogP contribution in [-0.2, 0) is 4.79 Å². The number of hydrogen-bond acceptors (Lipinski definition) is 7. The number of hydrogen-bond donors (Lipinski definition) is 1. The predicted octanol–water partition coefficient (Wildman–Crippen LogP) is 2.52. The second kappa shape index (κ2) is 8.92. The second-order valence-corrected chi connectivity index (χ2v) is 7.63. The largest absolute Gasteiger partial charge is 0.353 e. The highest BCUT2D eigenvalue weighted by atomic mass is 32.2. The third-order valence-electron chi connectivity index (χ3n) is 4.72. The number of tetrazole rings is 1. The molecule has 144 valence electrons. The quantitative estimate of drug-likeness (QED) is 0.506. The summed E-state index contributed by atoms with van der Waals surface area (Å²) < 4.78 is 0. The Labute approximate surface area is 167 Å². The first-order chi connectivity index (χ1) is 13.8. The Kier molecular flexibility index (Phi) is 5.91. The van der Waals surface area contributed by atoms with E-state index in [1.807, 2.05) is 30.3 Å². The molecule has 1 aromatic carbocycles. The van der Waals surface area contributed by atoms with Gasteiger partial charge < -0.3 is 5.32 Å². The first kappa shape index (κ1) is 18.5. The summed E-state index contributed by atoms with van der Waals surface area (Å²) in [7, 11) is 0. The number of amides is 1. The first-order valence-electron chi connectivity index (χ1n) is 9.32. The lowest BCUT2D eigenvalue weighted by Gasteiger charge is -2.28. The van der Waals surface area contributed by atoms with Crippen LogP contribution >= 0.6 is 11.8 Å². The fourth-order valence-electron chi connectivity index (χ4n) is 3.29. The third-order valence-corrected chi connectivity index (χ3v) is 5.60. The van der Waals surface area contributed by atoms with Crippen molar-refractivity contribution >= 4 is 17.7 Å². The van der Waals surface area contributed by atoms with E-state index in [4.69, 9.17) is 0 Å². The predicted molar refractivity (Wildman–Crippen MR) is 105 cm³/mol. The second-order valence-electron chi connectivity index (χ2n) is 6.69. The number of thioether (sulfide) groups is 1. The molecule has 2 heterocycles. The zero-order valence-corrected chi connectivity index (χ0v) is 16.1. The van der Waals surface area contributed by atoms with Crippen molar-refractivity contribution in [3.63, 3.8) is 0 Å². The van der Waals surface area contributed by atoms with Gasteiger partial charge in [0, 0.05) is 24.0 Å². The average molecular weight is 395 g/mol. The van der Waals surface area contributed by atoms with Gasteiger partial charge in [0.15, 0.2) is 5.16 Å². The van der Waals surface area contributed by atoms with Gasteiger partial charge in [-0.3, -0.25) is 4.79 Å². The van der Waals surface area contributed by atoms with Gasteiger partial charge in [0.2, 0.25) is 11.7 Å². The van der Waals surface area contributed by atoms with Gasteiger partial charge in [-0.2, -0.15) is 4.80 Å². The Morgan fingerprint density at radius 2 is 1.82 bits per heavy atom. The molecule has 1 aliphatic rings. The molecule has 28 heavy (non-hydrogen) atoms. The van der Waals surface area contributed by atoms with Gasteiger partial charge in [0.1, 0.15) is 0 Å². The molecule has 0 aliphatic heterocycles. The topological polar surface area (TPSA) is 98.5 Å². The normalized spacial score (nSPS) is 19.3. The van der Waals surface area contributed by atoms with E-state index >= 15 is 0 Å². The van der Waals surface area contributed by atoms with Crippen LogP contribution in [0.3, 0.4) is 0 Å². The van der Waals surface area contributed by atoms with Crippen molar-refractivity contribution in [2.75, 3.05) is 5.75 Å². The van der Waals surface area contributed by atoms with E-state index in [-0.39, 0.29) is 18.0 Å². The minimum atomic E-state index is 0.0196. The lowest BCUT2D eigenvalue weighted by molar-refractivity contribution is -0.119. The van der Waals surface area contributed by atoms with Crippen LogP contribution in [0.5, 0.6) is 0 Å². The molecule has 0 saturated heterocycles. The van der Waals surface area contributed by atoms with E-state index in [1.165, 1.54) is 11.8 Å². The van der Waals surface area contributed by atoms with Crippen LogP contribution in [-0.4, -0.2) is 47.9 Å². The zero-order valence-electron chi connectivity index (χ0n) is 15.3. The maximum absolute atomic E-state index is 12.2. The highest BCUT2D eigenvalue weighted by molar-refractivity contribution is 7.99. The van der Waals surface area contributed by atoms with E-state index in [0.717, 1.165) is 31.2 Å². The smallest absolute Gasteiger partial charge is 0.230 e. The molecule has 9 heteroatoms. The zero-order chi connectivity index (χ0) is 19.2. The molecule has 1 fully saturated rings.